The third-order valence-corrected chi connectivity index (χ3v) is 4.23. The predicted molar refractivity (Wildman–Crippen MR) is 85.6 cm³/mol. The zero-order valence-corrected chi connectivity index (χ0v) is 13.3. The largest absolute Gasteiger partial charge is 0.389 e. The lowest BCUT2D eigenvalue weighted by molar-refractivity contribution is 0.0572. The maximum atomic E-state index is 9.60. The molecule has 5 heteroatoms. The number of aliphatic hydroxyl groups is 2. The van der Waals surface area contributed by atoms with Gasteiger partial charge in [0.05, 0.1) is 12.2 Å². The van der Waals surface area contributed by atoms with Gasteiger partial charge in [-0.1, -0.05) is 30.7 Å². The number of hydrogen-bond acceptors (Lipinski definition) is 4. The van der Waals surface area contributed by atoms with Crippen LogP contribution in [0.15, 0.2) is 24.3 Å². The quantitative estimate of drug-likeness (QED) is 0.719. The molecule has 0 bridgehead atoms. The van der Waals surface area contributed by atoms with Crippen LogP contribution in [0.2, 0.25) is 5.02 Å². The predicted octanol–water partition coefficient (Wildman–Crippen LogP) is 1.81. The smallest absolute Gasteiger partial charge is 0.0938 e. The summed E-state index contributed by atoms with van der Waals surface area (Å²) in [7, 11) is 0. The molecule has 1 saturated heterocycles. The summed E-state index contributed by atoms with van der Waals surface area (Å²) in [5, 5.41) is 23.5. The highest BCUT2D eigenvalue weighted by Crippen LogP contribution is 2.21. The molecule has 3 atom stereocenters. The molecule has 1 aromatic rings. The van der Waals surface area contributed by atoms with Crippen LogP contribution in [0.3, 0.4) is 0 Å². The third kappa shape index (κ3) is 4.94. The topological polar surface area (TPSA) is 55.7 Å². The highest BCUT2D eigenvalue weighted by molar-refractivity contribution is 6.30. The molecule has 0 spiro atoms. The van der Waals surface area contributed by atoms with Crippen LogP contribution in [0.25, 0.3) is 0 Å². The van der Waals surface area contributed by atoms with E-state index < -0.39 is 12.2 Å². The van der Waals surface area contributed by atoms with E-state index >= 15 is 0 Å². The summed E-state index contributed by atoms with van der Waals surface area (Å²) in [5.74, 6) is 0. The Bertz CT molecular complexity index is 417. The van der Waals surface area contributed by atoms with Crippen molar-refractivity contribution in [1.82, 2.24) is 10.2 Å². The SMILES string of the molecule is CCCNC(CCN1CC(O)C(O)C1)c1ccc(Cl)cc1. The first-order valence-electron chi connectivity index (χ1n) is 7.67. The van der Waals surface area contributed by atoms with Crippen LogP contribution >= 0.6 is 11.6 Å². The molecule has 0 amide bonds. The monoisotopic (exact) mass is 312 g/mol. The molecule has 1 aliphatic heterocycles. The molecule has 0 aromatic heterocycles. The zero-order chi connectivity index (χ0) is 15.2. The van der Waals surface area contributed by atoms with Gasteiger partial charge in [-0.3, -0.25) is 4.90 Å². The molecule has 0 aliphatic carbocycles. The molecule has 4 nitrogen and oxygen atoms in total. The summed E-state index contributed by atoms with van der Waals surface area (Å²) in [4.78, 5) is 2.12. The first-order chi connectivity index (χ1) is 10.1. The maximum absolute atomic E-state index is 9.60. The van der Waals surface area contributed by atoms with Crippen LogP contribution in [0.5, 0.6) is 0 Å². The normalized spacial score (nSPS) is 24.4. The van der Waals surface area contributed by atoms with E-state index in [9.17, 15) is 10.2 Å². The van der Waals surface area contributed by atoms with Gasteiger partial charge in [0.15, 0.2) is 0 Å². The number of likely N-dealkylation sites (tertiary alicyclic amines) is 1. The van der Waals surface area contributed by atoms with Gasteiger partial charge in [0.2, 0.25) is 0 Å². The lowest BCUT2D eigenvalue weighted by Crippen LogP contribution is -2.29. The van der Waals surface area contributed by atoms with Gasteiger partial charge in [-0.25, -0.2) is 0 Å². The number of rotatable bonds is 7. The average molecular weight is 313 g/mol. The molecule has 1 aliphatic rings. The van der Waals surface area contributed by atoms with Gasteiger partial charge in [-0.05, 0) is 37.1 Å². The van der Waals surface area contributed by atoms with Gasteiger partial charge in [-0.2, -0.15) is 0 Å². The van der Waals surface area contributed by atoms with Crippen molar-refractivity contribution in [1.29, 1.82) is 0 Å². The summed E-state index contributed by atoms with van der Waals surface area (Å²) >= 11 is 5.95. The van der Waals surface area contributed by atoms with Crippen LogP contribution in [0, 0.1) is 0 Å². The molecule has 0 radical (unpaired) electrons. The van der Waals surface area contributed by atoms with E-state index in [-0.39, 0.29) is 6.04 Å². The number of nitrogens with one attached hydrogen (secondary N) is 1. The molecule has 1 heterocycles. The van der Waals surface area contributed by atoms with Crippen molar-refractivity contribution in [2.45, 2.75) is 38.0 Å². The number of aliphatic hydroxyl groups excluding tert-OH is 2. The van der Waals surface area contributed by atoms with Crippen molar-refractivity contribution >= 4 is 11.6 Å². The highest BCUT2D eigenvalue weighted by atomic mass is 35.5. The van der Waals surface area contributed by atoms with E-state index in [1.165, 1.54) is 5.56 Å². The second-order valence-corrected chi connectivity index (χ2v) is 6.18. The van der Waals surface area contributed by atoms with E-state index in [1.807, 2.05) is 12.1 Å². The van der Waals surface area contributed by atoms with Gasteiger partial charge in [0.25, 0.3) is 0 Å². The molecule has 118 valence electrons. The van der Waals surface area contributed by atoms with Crippen LogP contribution < -0.4 is 5.32 Å². The first kappa shape index (κ1) is 16.7. The Kier molecular flexibility index (Phi) is 6.45. The molecule has 2 rings (SSSR count). The van der Waals surface area contributed by atoms with Gasteiger partial charge < -0.3 is 15.5 Å². The van der Waals surface area contributed by atoms with Crippen molar-refractivity contribution in [3.8, 4) is 0 Å². The Labute approximate surface area is 131 Å². The zero-order valence-electron chi connectivity index (χ0n) is 12.5. The van der Waals surface area contributed by atoms with E-state index in [0.717, 1.165) is 31.0 Å². The second-order valence-electron chi connectivity index (χ2n) is 5.74. The number of β-amino-alcohol motifs (C(OH)–C–C–N with tert-alkyl or cyclic N) is 2. The summed E-state index contributed by atoms with van der Waals surface area (Å²) in [6.45, 7) is 5.10. The Morgan fingerprint density at radius 3 is 2.43 bits per heavy atom. The molecule has 1 aromatic carbocycles. The Balaban J connectivity index is 1.92. The number of halogens is 1. The Hall–Kier alpha value is -0.650. The summed E-state index contributed by atoms with van der Waals surface area (Å²) < 4.78 is 0. The van der Waals surface area contributed by atoms with E-state index in [2.05, 4.69) is 29.3 Å². The Morgan fingerprint density at radius 1 is 1.24 bits per heavy atom. The molecule has 1 fully saturated rings. The summed E-state index contributed by atoms with van der Waals surface area (Å²) in [6.07, 6.45) is 0.817. The molecule has 21 heavy (non-hydrogen) atoms. The highest BCUT2D eigenvalue weighted by Gasteiger charge is 2.29. The molecular weight excluding hydrogens is 288 g/mol. The third-order valence-electron chi connectivity index (χ3n) is 3.98. The standard InChI is InChI=1S/C16H25ClN2O2/c1-2-8-18-14(12-3-5-13(17)6-4-12)7-9-19-10-15(20)16(21)11-19/h3-6,14-16,18,20-21H,2,7-11H2,1H3. The van der Waals surface area contributed by atoms with Crippen molar-refractivity contribution in [3.63, 3.8) is 0 Å². The molecular formula is C16H25ClN2O2. The summed E-state index contributed by atoms with van der Waals surface area (Å²) in [6, 6.07) is 8.23. The fraction of sp³-hybridized carbons (Fsp3) is 0.625. The van der Waals surface area contributed by atoms with E-state index in [0.29, 0.717) is 13.1 Å². The first-order valence-corrected chi connectivity index (χ1v) is 8.05. The number of benzene rings is 1. The van der Waals surface area contributed by atoms with Gasteiger partial charge >= 0.3 is 0 Å². The van der Waals surface area contributed by atoms with Crippen molar-refractivity contribution < 1.29 is 10.2 Å². The van der Waals surface area contributed by atoms with Crippen LogP contribution in [-0.4, -0.2) is 53.5 Å². The van der Waals surface area contributed by atoms with Crippen LogP contribution in [0.1, 0.15) is 31.4 Å². The van der Waals surface area contributed by atoms with Crippen LogP contribution in [0.4, 0.5) is 0 Å². The molecule has 3 N–H and O–H groups in total. The van der Waals surface area contributed by atoms with Crippen LogP contribution in [-0.2, 0) is 0 Å². The minimum atomic E-state index is -0.609. The van der Waals surface area contributed by atoms with Gasteiger partial charge in [-0.15, -0.1) is 0 Å². The minimum absolute atomic E-state index is 0.275. The minimum Gasteiger partial charge on any atom is -0.389 e. The number of nitrogens with zero attached hydrogens (tertiary/aromatic N) is 1. The Morgan fingerprint density at radius 2 is 1.86 bits per heavy atom. The molecule has 0 saturated carbocycles. The maximum Gasteiger partial charge on any atom is 0.0938 e. The lowest BCUT2D eigenvalue weighted by Gasteiger charge is -2.22. The number of hydrogen-bond donors (Lipinski definition) is 3. The average Bonchev–Trinajstić information content (AvgIpc) is 2.79. The fourth-order valence-electron chi connectivity index (χ4n) is 2.74. The van der Waals surface area contributed by atoms with Gasteiger partial charge in [0.1, 0.15) is 0 Å². The second kappa shape index (κ2) is 8.11. The van der Waals surface area contributed by atoms with E-state index in [4.69, 9.17) is 11.6 Å². The molecule has 3 unspecified atom stereocenters. The van der Waals surface area contributed by atoms with Crippen molar-refractivity contribution in [2.75, 3.05) is 26.2 Å². The fourth-order valence-corrected chi connectivity index (χ4v) is 2.87. The van der Waals surface area contributed by atoms with Crippen molar-refractivity contribution in [2.24, 2.45) is 0 Å². The lowest BCUT2D eigenvalue weighted by atomic mass is 10.0. The van der Waals surface area contributed by atoms with E-state index in [1.54, 1.807) is 0 Å². The van der Waals surface area contributed by atoms with Crippen molar-refractivity contribution in [3.05, 3.63) is 34.9 Å². The van der Waals surface area contributed by atoms with Gasteiger partial charge in [0, 0.05) is 30.7 Å². The summed E-state index contributed by atoms with van der Waals surface area (Å²) in [5.41, 5.74) is 1.23.